The summed E-state index contributed by atoms with van der Waals surface area (Å²) in [6.45, 7) is 3.00. The number of amides is 1. The van der Waals surface area contributed by atoms with Crippen molar-refractivity contribution in [2.24, 2.45) is 4.99 Å². The van der Waals surface area contributed by atoms with Crippen LogP contribution in [0.4, 0.5) is 0 Å². The number of amidine groups is 1. The van der Waals surface area contributed by atoms with E-state index in [4.69, 9.17) is 18.9 Å². The van der Waals surface area contributed by atoms with Crippen LogP contribution in [0.2, 0.25) is 0 Å². The van der Waals surface area contributed by atoms with Gasteiger partial charge in [0.05, 0.1) is 51.2 Å². The monoisotopic (exact) mass is 487 g/mol. The molecule has 0 unspecified atom stereocenters. The normalized spacial score (nSPS) is 21.6. The molecule has 10 heteroatoms. The Morgan fingerprint density at radius 1 is 1.26 bits per heavy atom. The molecule has 3 aliphatic heterocycles. The first-order chi connectivity index (χ1) is 16.5. The van der Waals surface area contributed by atoms with Crippen molar-refractivity contribution in [1.82, 2.24) is 10.2 Å². The second-order valence-electron chi connectivity index (χ2n) is 8.08. The second-order valence-corrected chi connectivity index (χ2v) is 8.92. The highest BCUT2D eigenvalue weighted by Crippen LogP contribution is 2.48. The van der Waals surface area contributed by atoms with E-state index in [0.717, 1.165) is 25.1 Å². The van der Waals surface area contributed by atoms with Crippen molar-refractivity contribution in [3.63, 3.8) is 0 Å². The fourth-order valence-corrected chi connectivity index (χ4v) is 5.39. The molecule has 1 aromatic rings. The molecule has 0 aliphatic carbocycles. The third-order valence-corrected chi connectivity index (χ3v) is 6.92. The number of thioether (sulfide) groups is 1. The Morgan fingerprint density at radius 2 is 2.09 bits per heavy atom. The number of methoxy groups -OCH3 is 3. The van der Waals surface area contributed by atoms with E-state index in [1.807, 2.05) is 22.4 Å². The van der Waals surface area contributed by atoms with Crippen LogP contribution < -0.4 is 14.8 Å². The third-order valence-electron chi connectivity index (χ3n) is 6.03. The molecule has 0 aromatic heterocycles. The number of esters is 1. The Balaban J connectivity index is 1.68. The van der Waals surface area contributed by atoms with Crippen molar-refractivity contribution >= 4 is 28.8 Å². The van der Waals surface area contributed by atoms with E-state index in [1.54, 1.807) is 27.2 Å². The van der Waals surface area contributed by atoms with Crippen LogP contribution in [-0.2, 0) is 19.1 Å². The highest BCUT2D eigenvalue weighted by Gasteiger charge is 2.42. The predicted octanol–water partition coefficient (Wildman–Crippen LogP) is 3.14. The maximum absolute atomic E-state index is 12.9. The molecular formula is C24H29N3O6S. The number of hydrogen-bond donors (Lipinski definition) is 1. The van der Waals surface area contributed by atoms with Gasteiger partial charge >= 0.3 is 5.97 Å². The summed E-state index contributed by atoms with van der Waals surface area (Å²) in [4.78, 5) is 32.3. The van der Waals surface area contributed by atoms with Crippen molar-refractivity contribution in [2.75, 3.05) is 34.5 Å². The van der Waals surface area contributed by atoms with E-state index < -0.39 is 12.0 Å². The highest BCUT2D eigenvalue weighted by atomic mass is 32.2. The number of benzene rings is 1. The molecule has 182 valence electrons. The van der Waals surface area contributed by atoms with Gasteiger partial charge in [0.1, 0.15) is 0 Å². The molecule has 3 heterocycles. The summed E-state index contributed by atoms with van der Waals surface area (Å²) in [6, 6.07) is 4.91. The first-order valence-corrected chi connectivity index (χ1v) is 12.0. The van der Waals surface area contributed by atoms with Crippen molar-refractivity contribution < 1.29 is 28.5 Å². The summed E-state index contributed by atoms with van der Waals surface area (Å²) in [5.41, 5.74) is 2.38. The number of nitrogens with one attached hydrogen (secondary N) is 1. The summed E-state index contributed by atoms with van der Waals surface area (Å²) in [6.07, 6.45) is 2.16. The van der Waals surface area contributed by atoms with E-state index in [1.165, 1.54) is 18.9 Å². The van der Waals surface area contributed by atoms with E-state index in [9.17, 15) is 9.59 Å². The van der Waals surface area contributed by atoms with Crippen LogP contribution in [0.15, 0.2) is 45.6 Å². The molecule has 3 aliphatic rings. The molecule has 0 saturated carbocycles. The Kier molecular flexibility index (Phi) is 7.47. The maximum atomic E-state index is 12.9. The van der Waals surface area contributed by atoms with E-state index in [2.05, 4.69) is 10.3 Å². The van der Waals surface area contributed by atoms with E-state index in [0.29, 0.717) is 40.0 Å². The number of ether oxygens (including phenoxy) is 4. The molecule has 1 N–H and O–H groups in total. The molecule has 1 aromatic carbocycles. The minimum absolute atomic E-state index is 0.0632. The molecule has 34 heavy (non-hydrogen) atoms. The topological polar surface area (TPSA) is 98.7 Å². The van der Waals surface area contributed by atoms with Gasteiger partial charge < -0.3 is 29.2 Å². The number of rotatable bonds is 8. The van der Waals surface area contributed by atoms with Gasteiger partial charge in [0.15, 0.2) is 16.7 Å². The van der Waals surface area contributed by atoms with Gasteiger partial charge in [-0.2, -0.15) is 0 Å². The molecule has 0 spiro atoms. The average Bonchev–Trinajstić information content (AvgIpc) is 3.51. The smallest absolute Gasteiger partial charge is 0.338 e. The lowest BCUT2D eigenvalue weighted by atomic mass is 9.92. The molecule has 0 bridgehead atoms. The van der Waals surface area contributed by atoms with Crippen LogP contribution in [0.1, 0.15) is 37.8 Å². The number of aliphatic imine (C=N–C) groups is 1. The summed E-state index contributed by atoms with van der Waals surface area (Å²) >= 11 is 1.42. The standard InChI is InChI=1S/C24H29N3O6S/c1-14-20(23(29)32-4)21(17-8-5-9-18(30-2)22(17)31-3)27-15(13-34-24(27)26-14)11-19(28)25-12-16-7-6-10-33-16/h5,8-9,13,16,21H,6-7,10-12H2,1-4H3,(H,25,28)/t16-,21-/m0/s1. The second kappa shape index (κ2) is 10.5. The third kappa shape index (κ3) is 4.65. The number of fused-ring (bicyclic) bond motifs is 1. The minimum atomic E-state index is -0.600. The zero-order chi connectivity index (χ0) is 24.2. The number of nitrogens with zero attached hydrogens (tertiary/aromatic N) is 2. The number of carbonyl (C=O) groups excluding carboxylic acids is 2. The van der Waals surface area contributed by atoms with Gasteiger partial charge in [0.2, 0.25) is 5.91 Å². The Hall–Kier alpha value is -2.98. The number of carbonyl (C=O) groups is 2. The Morgan fingerprint density at radius 3 is 2.76 bits per heavy atom. The summed E-state index contributed by atoms with van der Waals surface area (Å²) in [5, 5.41) is 5.55. The lowest BCUT2D eigenvalue weighted by Crippen LogP contribution is -2.38. The fraction of sp³-hybridized carbons (Fsp3) is 0.458. The van der Waals surface area contributed by atoms with Crippen LogP contribution >= 0.6 is 11.8 Å². The SMILES string of the molecule is COC(=O)C1=C(C)N=C2SC=C(CC(=O)NC[C@@H]3CCCO3)N2[C@H]1c1cccc(OC)c1OC. The van der Waals surface area contributed by atoms with Crippen molar-refractivity contribution in [3.05, 3.63) is 46.1 Å². The number of allylic oxidation sites excluding steroid dienone is 1. The molecular weight excluding hydrogens is 458 g/mol. The van der Waals surface area contributed by atoms with Gasteiger partial charge in [-0.25, -0.2) is 9.79 Å². The zero-order valence-electron chi connectivity index (χ0n) is 19.8. The first-order valence-electron chi connectivity index (χ1n) is 11.1. The molecule has 2 atom stereocenters. The van der Waals surface area contributed by atoms with Crippen LogP contribution in [0, 0.1) is 0 Å². The molecule has 0 radical (unpaired) electrons. The maximum Gasteiger partial charge on any atom is 0.338 e. The van der Waals surface area contributed by atoms with Gasteiger partial charge in [-0.1, -0.05) is 23.9 Å². The summed E-state index contributed by atoms with van der Waals surface area (Å²) in [7, 11) is 4.46. The first kappa shape index (κ1) is 24.2. The van der Waals surface area contributed by atoms with Gasteiger partial charge in [-0.05, 0) is 31.2 Å². The summed E-state index contributed by atoms with van der Waals surface area (Å²) in [5.74, 6) is 0.433. The van der Waals surface area contributed by atoms with E-state index >= 15 is 0 Å². The fourth-order valence-electron chi connectivity index (χ4n) is 4.42. The largest absolute Gasteiger partial charge is 0.493 e. The van der Waals surface area contributed by atoms with Gasteiger partial charge in [0, 0.05) is 24.4 Å². The predicted molar refractivity (Wildman–Crippen MR) is 129 cm³/mol. The van der Waals surface area contributed by atoms with Crippen molar-refractivity contribution in [3.8, 4) is 11.5 Å². The van der Waals surface area contributed by atoms with Gasteiger partial charge in [-0.3, -0.25) is 4.79 Å². The highest BCUT2D eigenvalue weighted by molar-refractivity contribution is 8.16. The lowest BCUT2D eigenvalue weighted by molar-refractivity contribution is -0.136. The van der Waals surface area contributed by atoms with Crippen LogP contribution in [0.5, 0.6) is 11.5 Å². The molecule has 1 fully saturated rings. The average molecular weight is 488 g/mol. The lowest BCUT2D eigenvalue weighted by Gasteiger charge is -2.36. The molecule has 4 rings (SSSR count). The van der Waals surface area contributed by atoms with Crippen LogP contribution in [-0.4, -0.2) is 62.5 Å². The van der Waals surface area contributed by atoms with E-state index in [-0.39, 0.29) is 18.4 Å². The molecule has 9 nitrogen and oxygen atoms in total. The van der Waals surface area contributed by atoms with Crippen molar-refractivity contribution in [2.45, 2.75) is 38.3 Å². The summed E-state index contributed by atoms with van der Waals surface area (Å²) < 4.78 is 21.9. The van der Waals surface area contributed by atoms with Crippen LogP contribution in [0.25, 0.3) is 0 Å². The number of para-hydroxylation sites is 1. The molecule has 1 saturated heterocycles. The van der Waals surface area contributed by atoms with Gasteiger partial charge in [0.25, 0.3) is 0 Å². The van der Waals surface area contributed by atoms with Gasteiger partial charge in [-0.15, -0.1) is 0 Å². The molecule has 1 amide bonds. The minimum Gasteiger partial charge on any atom is -0.493 e. The Labute approximate surface area is 203 Å². The number of hydrogen-bond acceptors (Lipinski definition) is 9. The quantitative estimate of drug-likeness (QED) is 0.559. The van der Waals surface area contributed by atoms with Crippen molar-refractivity contribution in [1.29, 1.82) is 0 Å². The Bertz CT molecular complexity index is 1060. The zero-order valence-corrected chi connectivity index (χ0v) is 20.6. The van der Waals surface area contributed by atoms with Crippen LogP contribution in [0.3, 0.4) is 0 Å².